The number of aliphatic hydroxyl groups is 4. The number of fused-ring (bicyclic) bond motifs is 1. The summed E-state index contributed by atoms with van der Waals surface area (Å²) >= 11 is 5.70. The minimum Gasteiger partial charge on any atom is -0.394 e. The molecule has 2 aromatic rings. The van der Waals surface area contributed by atoms with Crippen LogP contribution in [0.25, 0.3) is 11.2 Å². The Kier molecular flexibility index (Phi) is 4.88. The third-order valence-electron chi connectivity index (χ3n) is 2.78. The zero-order valence-electron chi connectivity index (χ0n) is 10.6. The quantitative estimate of drug-likeness (QED) is 0.325. The minimum absolute atomic E-state index is 0.134. The molecule has 1 aliphatic heterocycles. The molecule has 11 heteroatoms. The molecule has 116 valence electrons. The first-order valence-electron chi connectivity index (χ1n) is 5.86. The number of hydrogen-bond acceptors (Lipinski definition) is 9. The fourth-order valence-electron chi connectivity index (χ4n) is 1.69. The zero-order chi connectivity index (χ0) is 15.6. The Hall–Kier alpha value is -1.56. The highest BCUT2D eigenvalue weighted by Crippen LogP contribution is 2.18. The van der Waals surface area contributed by atoms with Crippen LogP contribution in [-0.4, -0.2) is 71.6 Å². The van der Waals surface area contributed by atoms with Gasteiger partial charge in [-0.3, -0.25) is 0 Å². The second kappa shape index (κ2) is 6.47. The van der Waals surface area contributed by atoms with Crippen LogP contribution in [0.2, 0.25) is 5.15 Å². The lowest BCUT2D eigenvalue weighted by atomic mass is 10.1. The summed E-state index contributed by atoms with van der Waals surface area (Å²) in [5, 5.41) is 35.3. The SMILES string of the molecule is Nc1nc(Cl)c2[nH]cnc2n1.OC[C@H]1OC(O)[C@H](O)[C@@H]1O. The number of anilines is 1. The lowest BCUT2D eigenvalue weighted by molar-refractivity contribution is -0.132. The summed E-state index contributed by atoms with van der Waals surface area (Å²) in [5.41, 5.74) is 6.42. The van der Waals surface area contributed by atoms with Crippen molar-refractivity contribution in [3.05, 3.63) is 11.5 Å². The molecule has 0 bridgehead atoms. The minimum atomic E-state index is -1.38. The van der Waals surface area contributed by atoms with Crippen LogP contribution in [0, 0.1) is 0 Å². The number of rotatable bonds is 1. The third-order valence-corrected chi connectivity index (χ3v) is 3.05. The van der Waals surface area contributed by atoms with E-state index in [1.54, 1.807) is 0 Å². The van der Waals surface area contributed by atoms with E-state index >= 15 is 0 Å². The van der Waals surface area contributed by atoms with E-state index in [2.05, 4.69) is 24.7 Å². The number of ether oxygens (including phenoxy) is 1. The van der Waals surface area contributed by atoms with Crippen molar-refractivity contribution in [3.63, 3.8) is 0 Å². The van der Waals surface area contributed by atoms with Crippen LogP contribution in [-0.2, 0) is 4.74 Å². The first-order valence-corrected chi connectivity index (χ1v) is 6.24. The van der Waals surface area contributed by atoms with E-state index in [0.29, 0.717) is 16.3 Å². The number of aromatic amines is 1. The Morgan fingerprint density at radius 2 is 2.00 bits per heavy atom. The molecule has 1 fully saturated rings. The average molecular weight is 320 g/mol. The molecule has 0 aliphatic carbocycles. The second-order valence-electron chi connectivity index (χ2n) is 4.20. The maximum absolute atomic E-state index is 8.93. The Labute approximate surface area is 123 Å². The van der Waals surface area contributed by atoms with Crippen LogP contribution in [0.3, 0.4) is 0 Å². The Bertz CT molecular complexity index is 611. The predicted molar refractivity (Wildman–Crippen MR) is 71.1 cm³/mol. The molecule has 3 rings (SSSR count). The van der Waals surface area contributed by atoms with E-state index in [0.717, 1.165) is 0 Å². The van der Waals surface area contributed by atoms with E-state index in [1.807, 2.05) is 0 Å². The smallest absolute Gasteiger partial charge is 0.223 e. The molecule has 1 saturated heterocycles. The number of nitrogen functional groups attached to an aromatic ring is 1. The van der Waals surface area contributed by atoms with Gasteiger partial charge in [-0.1, -0.05) is 11.6 Å². The molecule has 0 spiro atoms. The molecule has 3 heterocycles. The van der Waals surface area contributed by atoms with Crippen LogP contribution in [0.1, 0.15) is 0 Å². The van der Waals surface area contributed by atoms with Crippen LogP contribution in [0.15, 0.2) is 6.33 Å². The number of hydrogen-bond donors (Lipinski definition) is 6. The zero-order valence-corrected chi connectivity index (χ0v) is 11.3. The van der Waals surface area contributed by atoms with Crippen LogP contribution >= 0.6 is 11.6 Å². The van der Waals surface area contributed by atoms with Gasteiger partial charge in [-0.25, -0.2) is 4.98 Å². The summed E-state index contributed by atoms with van der Waals surface area (Å²) in [5.74, 6) is 0.134. The van der Waals surface area contributed by atoms with Crippen molar-refractivity contribution in [1.82, 2.24) is 19.9 Å². The fourth-order valence-corrected chi connectivity index (χ4v) is 1.92. The molecule has 7 N–H and O–H groups in total. The summed E-state index contributed by atoms with van der Waals surface area (Å²) in [6.45, 7) is -0.407. The van der Waals surface area contributed by atoms with Gasteiger partial charge in [-0.2, -0.15) is 9.97 Å². The molecule has 2 aromatic heterocycles. The molecule has 0 amide bonds. The first-order chi connectivity index (χ1) is 9.93. The highest BCUT2D eigenvalue weighted by molar-refractivity contribution is 6.33. The molecule has 0 radical (unpaired) electrons. The highest BCUT2D eigenvalue weighted by atomic mass is 35.5. The third kappa shape index (κ3) is 3.37. The Balaban J connectivity index is 0.000000155. The summed E-state index contributed by atoms with van der Waals surface area (Å²) in [7, 11) is 0. The van der Waals surface area contributed by atoms with Crippen LogP contribution in [0.4, 0.5) is 5.95 Å². The van der Waals surface area contributed by atoms with Crippen molar-refractivity contribution in [2.24, 2.45) is 0 Å². The predicted octanol–water partition coefficient (Wildman–Crippen LogP) is -1.99. The van der Waals surface area contributed by atoms with Gasteiger partial charge in [0.25, 0.3) is 0 Å². The number of halogens is 1. The number of nitrogens with zero attached hydrogens (tertiary/aromatic N) is 3. The van der Waals surface area contributed by atoms with Gasteiger partial charge in [0.2, 0.25) is 5.95 Å². The molecular formula is C10H14ClN5O5. The maximum atomic E-state index is 8.93. The van der Waals surface area contributed by atoms with Gasteiger partial charge in [0, 0.05) is 0 Å². The first kappa shape index (κ1) is 15.8. The largest absolute Gasteiger partial charge is 0.394 e. The number of nitrogens with one attached hydrogen (secondary N) is 1. The van der Waals surface area contributed by atoms with E-state index in [9.17, 15) is 0 Å². The van der Waals surface area contributed by atoms with Crippen LogP contribution in [0.5, 0.6) is 0 Å². The summed E-state index contributed by atoms with van der Waals surface area (Å²) in [6.07, 6.45) is -3.26. The molecule has 21 heavy (non-hydrogen) atoms. The average Bonchev–Trinajstić information content (AvgIpc) is 3.00. The summed E-state index contributed by atoms with van der Waals surface area (Å²) in [6, 6.07) is 0. The normalized spacial score (nSPS) is 28.4. The van der Waals surface area contributed by atoms with Crippen molar-refractivity contribution in [3.8, 4) is 0 Å². The van der Waals surface area contributed by atoms with Gasteiger partial charge in [0.15, 0.2) is 17.1 Å². The van der Waals surface area contributed by atoms with E-state index in [-0.39, 0.29) is 5.95 Å². The highest BCUT2D eigenvalue weighted by Gasteiger charge is 2.41. The molecule has 1 aliphatic rings. The molecule has 10 nitrogen and oxygen atoms in total. The molecule has 0 aromatic carbocycles. The lowest BCUT2D eigenvalue weighted by Gasteiger charge is -2.09. The van der Waals surface area contributed by atoms with Gasteiger partial charge < -0.3 is 35.9 Å². The van der Waals surface area contributed by atoms with E-state index in [1.165, 1.54) is 6.33 Å². The second-order valence-corrected chi connectivity index (χ2v) is 4.56. The van der Waals surface area contributed by atoms with Crippen molar-refractivity contribution >= 4 is 28.7 Å². The summed E-state index contributed by atoms with van der Waals surface area (Å²) < 4.78 is 4.54. The number of imidazole rings is 1. The molecule has 1 unspecified atom stereocenters. The monoisotopic (exact) mass is 319 g/mol. The van der Waals surface area contributed by atoms with Gasteiger partial charge >= 0.3 is 0 Å². The van der Waals surface area contributed by atoms with Gasteiger partial charge in [-0.15, -0.1) is 0 Å². The number of nitrogens with two attached hydrogens (primary N) is 1. The molecule has 4 atom stereocenters. The Morgan fingerprint density at radius 3 is 2.52 bits per heavy atom. The van der Waals surface area contributed by atoms with Crippen molar-refractivity contribution in [2.75, 3.05) is 12.3 Å². The number of aliphatic hydroxyl groups excluding tert-OH is 4. The molecular weight excluding hydrogens is 306 g/mol. The van der Waals surface area contributed by atoms with Crippen molar-refractivity contribution in [2.45, 2.75) is 24.6 Å². The van der Waals surface area contributed by atoms with Crippen LogP contribution < -0.4 is 5.73 Å². The van der Waals surface area contributed by atoms with Crippen molar-refractivity contribution in [1.29, 1.82) is 0 Å². The maximum Gasteiger partial charge on any atom is 0.223 e. The lowest BCUT2D eigenvalue weighted by Crippen LogP contribution is -2.33. The van der Waals surface area contributed by atoms with Gasteiger partial charge in [0.05, 0.1) is 12.9 Å². The molecule has 0 saturated carbocycles. The van der Waals surface area contributed by atoms with E-state index in [4.69, 9.17) is 37.8 Å². The van der Waals surface area contributed by atoms with Gasteiger partial charge in [0.1, 0.15) is 23.8 Å². The van der Waals surface area contributed by atoms with E-state index < -0.39 is 31.2 Å². The standard InChI is InChI=1S/C5H4ClN5.C5H10O5/c6-3-2-4(9-1-8-2)11-5(7)10-3;6-1-2-3(7)4(8)5(9)10-2/h1H,(H3,7,8,9,10,11);2-9H,1H2/t;2-,3-,4-,5?/m.1/s1. The van der Waals surface area contributed by atoms with Gasteiger partial charge in [-0.05, 0) is 0 Å². The fraction of sp³-hybridized carbons (Fsp3) is 0.500. The van der Waals surface area contributed by atoms with Crippen molar-refractivity contribution < 1.29 is 25.2 Å². The Morgan fingerprint density at radius 1 is 1.29 bits per heavy atom. The topological polar surface area (TPSA) is 171 Å². The number of aromatic nitrogens is 4. The summed E-state index contributed by atoms with van der Waals surface area (Å²) in [4.78, 5) is 14.2. The number of H-pyrrole nitrogens is 1.